The highest BCUT2D eigenvalue weighted by molar-refractivity contribution is 5.85. The standard InChI is InChI=1S/C17H20N2O4.ClH/c1-11-14(3-2-8-18-11)19-16(20)10-22-13-6-4-12-5-7-17(21)23-15(12)9-13;/h4-7,9,11,14,18H,2-3,8,10H2,1H3,(H,19,20);1H. The van der Waals surface area contributed by atoms with E-state index in [2.05, 4.69) is 17.6 Å². The topological polar surface area (TPSA) is 80.6 Å². The van der Waals surface area contributed by atoms with Crippen LogP contribution in [0.1, 0.15) is 19.8 Å². The van der Waals surface area contributed by atoms with Gasteiger partial charge in [0, 0.05) is 29.6 Å². The second-order valence-corrected chi connectivity index (χ2v) is 5.80. The van der Waals surface area contributed by atoms with Crippen LogP contribution in [-0.4, -0.2) is 31.1 Å². The Kier molecular flexibility index (Phi) is 6.23. The van der Waals surface area contributed by atoms with Crippen molar-refractivity contribution in [3.05, 3.63) is 40.8 Å². The first-order valence-corrected chi connectivity index (χ1v) is 7.81. The Morgan fingerprint density at radius 1 is 1.38 bits per heavy atom. The van der Waals surface area contributed by atoms with Gasteiger partial charge in [-0.2, -0.15) is 0 Å². The molecule has 3 rings (SSSR count). The quantitative estimate of drug-likeness (QED) is 0.821. The number of carbonyl (C=O) groups is 1. The summed E-state index contributed by atoms with van der Waals surface area (Å²) in [5.41, 5.74) is 0.0340. The van der Waals surface area contributed by atoms with E-state index in [1.54, 1.807) is 24.3 Å². The Morgan fingerprint density at radius 3 is 2.96 bits per heavy atom. The number of carbonyl (C=O) groups excluding carboxylic acids is 1. The molecule has 6 nitrogen and oxygen atoms in total. The van der Waals surface area contributed by atoms with Crippen LogP contribution in [-0.2, 0) is 4.79 Å². The van der Waals surface area contributed by atoms with E-state index in [9.17, 15) is 9.59 Å². The second-order valence-electron chi connectivity index (χ2n) is 5.80. The molecule has 24 heavy (non-hydrogen) atoms. The Balaban J connectivity index is 0.00000208. The number of halogens is 1. The van der Waals surface area contributed by atoms with Gasteiger partial charge < -0.3 is 19.8 Å². The largest absolute Gasteiger partial charge is 0.484 e. The average molecular weight is 353 g/mol. The van der Waals surface area contributed by atoms with Crippen LogP contribution < -0.4 is 21.0 Å². The molecule has 1 aromatic heterocycles. The van der Waals surface area contributed by atoms with Gasteiger partial charge in [0.1, 0.15) is 11.3 Å². The van der Waals surface area contributed by atoms with Crippen LogP contribution in [0.2, 0.25) is 0 Å². The van der Waals surface area contributed by atoms with Crippen molar-refractivity contribution in [1.82, 2.24) is 10.6 Å². The van der Waals surface area contributed by atoms with Gasteiger partial charge in [-0.05, 0) is 44.5 Å². The van der Waals surface area contributed by atoms with Gasteiger partial charge in [0.05, 0.1) is 0 Å². The maximum atomic E-state index is 12.0. The van der Waals surface area contributed by atoms with Crippen molar-refractivity contribution < 1.29 is 13.9 Å². The van der Waals surface area contributed by atoms with Gasteiger partial charge in [-0.1, -0.05) is 0 Å². The van der Waals surface area contributed by atoms with E-state index >= 15 is 0 Å². The molecule has 7 heteroatoms. The van der Waals surface area contributed by atoms with Gasteiger partial charge in [-0.3, -0.25) is 4.79 Å². The molecule has 1 aromatic carbocycles. The lowest BCUT2D eigenvalue weighted by molar-refractivity contribution is -0.124. The van der Waals surface area contributed by atoms with E-state index in [1.807, 2.05) is 0 Å². The molecule has 2 N–H and O–H groups in total. The Morgan fingerprint density at radius 2 is 2.17 bits per heavy atom. The van der Waals surface area contributed by atoms with Gasteiger partial charge in [0.2, 0.25) is 0 Å². The molecule has 0 aliphatic carbocycles. The molecule has 1 fully saturated rings. The summed E-state index contributed by atoms with van der Waals surface area (Å²) in [7, 11) is 0. The highest BCUT2D eigenvalue weighted by Crippen LogP contribution is 2.19. The van der Waals surface area contributed by atoms with Gasteiger partial charge in [0.25, 0.3) is 5.91 Å². The molecule has 0 radical (unpaired) electrons. The predicted molar refractivity (Wildman–Crippen MR) is 93.9 cm³/mol. The van der Waals surface area contributed by atoms with E-state index in [0.29, 0.717) is 11.3 Å². The highest BCUT2D eigenvalue weighted by atomic mass is 35.5. The zero-order valence-corrected chi connectivity index (χ0v) is 14.2. The fraction of sp³-hybridized carbons (Fsp3) is 0.412. The van der Waals surface area contributed by atoms with Crippen molar-refractivity contribution in [2.45, 2.75) is 31.8 Å². The molecule has 0 saturated carbocycles. The maximum absolute atomic E-state index is 12.0. The fourth-order valence-corrected chi connectivity index (χ4v) is 2.77. The van der Waals surface area contributed by atoms with E-state index in [1.165, 1.54) is 6.07 Å². The lowest BCUT2D eigenvalue weighted by Crippen LogP contribution is -2.52. The van der Waals surface area contributed by atoms with E-state index in [4.69, 9.17) is 9.15 Å². The van der Waals surface area contributed by atoms with E-state index < -0.39 is 5.63 Å². The summed E-state index contributed by atoms with van der Waals surface area (Å²) < 4.78 is 10.6. The number of ether oxygens (including phenoxy) is 1. The van der Waals surface area contributed by atoms with Crippen molar-refractivity contribution in [2.24, 2.45) is 0 Å². The second kappa shape index (κ2) is 8.17. The molecule has 2 aromatic rings. The third kappa shape index (κ3) is 4.49. The number of hydrogen-bond donors (Lipinski definition) is 2. The molecule has 1 aliphatic heterocycles. The Hall–Kier alpha value is -2.05. The third-order valence-corrected chi connectivity index (χ3v) is 4.07. The minimum Gasteiger partial charge on any atom is -0.484 e. The number of amides is 1. The van der Waals surface area contributed by atoms with Crippen molar-refractivity contribution in [2.75, 3.05) is 13.2 Å². The predicted octanol–water partition coefficient (Wildman–Crippen LogP) is 1.85. The van der Waals surface area contributed by atoms with Crippen LogP contribution in [0.25, 0.3) is 11.0 Å². The Labute approximate surface area is 146 Å². The van der Waals surface area contributed by atoms with Crippen LogP contribution >= 0.6 is 12.4 Å². The summed E-state index contributed by atoms with van der Waals surface area (Å²) in [6.45, 7) is 2.99. The smallest absolute Gasteiger partial charge is 0.336 e. The van der Waals surface area contributed by atoms with Gasteiger partial charge in [-0.25, -0.2) is 4.79 Å². The molecule has 0 bridgehead atoms. The molecule has 2 unspecified atom stereocenters. The number of piperidine rings is 1. The molecule has 0 spiro atoms. The third-order valence-electron chi connectivity index (χ3n) is 4.07. The molecule has 2 heterocycles. The molecular formula is C17H21ClN2O4. The number of nitrogens with one attached hydrogen (secondary N) is 2. The summed E-state index contributed by atoms with van der Waals surface area (Å²) in [5.74, 6) is 0.344. The molecule has 1 amide bonds. The van der Waals surface area contributed by atoms with E-state index in [-0.39, 0.29) is 37.0 Å². The first kappa shape index (κ1) is 18.3. The summed E-state index contributed by atoms with van der Waals surface area (Å²) in [4.78, 5) is 23.2. The summed E-state index contributed by atoms with van der Waals surface area (Å²) >= 11 is 0. The van der Waals surface area contributed by atoms with Crippen LogP contribution in [0.4, 0.5) is 0 Å². The zero-order chi connectivity index (χ0) is 16.2. The minimum atomic E-state index is -0.411. The normalized spacial score (nSPS) is 20.2. The minimum absolute atomic E-state index is 0. The number of fused-ring (bicyclic) bond motifs is 1. The summed E-state index contributed by atoms with van der Waals surface area (Å²) in [5, 5.41) is 7.13. The molecule has 2 atom stereocenters. The van der Waals surface area contributed by atoms with Crippen molar-refractivity contribution in [3.8, 4) is 5.75 Å². The van der Waals surface area contributed by atoms with Crippen molar-refractivity contribution in [3.63, 3.8) is 0 Å². The molecule has 130 valence electrons. The lowest BCUT2D eigenvalue weighted by Gasteiger charge is -2.30. The SMILES string of the molecule is CC1NCCCC1NC(=O)COc1ccc2ccc(=O)oc2c1.Cl. The summed E-state index contributed by atoms with van der Waals surface area (Å²) in [6, 6.07) is 8.62. The van der Waals surface area contributed by atoms with Crippen molar-refractivity contribution in [1.29, 1.82) is 0 Å². The van der Waals surface area contributed by atoms with Gasteiger partial charge >= 0.3 is 5.63 Å². The fourth-order valence-electron chi connectivity index (χ4n) is 2.77. The number of hydrogen-bond acceptors (Lipinski definition) is 5. The van der Waals surface area contributed by atoms with Crippen LogP contribution in [0.3, 0.4) is 0 Å². The first-order valence-electron chi connectivity index (χ1n) is 7.81. The zero-order valence-electron chi connectivity index (χ0n) is 13.4. The average Bonchev–Trinajstić information content (AvgIpc) is 2.54. The van der Waals surface area contributed by atoms with Crippen LogP contribution in [0.15, 0.2) is 39.5 Å². The first-order chi connectivity index (χ1) is 11.1. The van der Waals surface area contributed by atoms with Crippen LogP contribution in [0.5, 0.6) is 5.75 Å². The van der Waals surface area contributed by atoms with Crippen LogP contribution in [0, 0.1) is 0 Å². The van der Waals surface area contributed by atoms with Gasteiger partial charge in [-0.15, -0.1) is 12.4 Å². The maximum Gasteiger partial charge on any atom is 0.336 e. The molecular weight excluding hydrogens is 332 g/mol. The number of rotatable bonds is 4. The highest BCUT2D eigenvalue weighted by Gasteiger charge is 2.22. The van der Waals surface area contributed by atoms with E-state index in [0.717, 1.165) is 24.8 Å². The molecule has 1 saturated heterocycles. The molecule has 1 aliphatic rings. The Bertz CT molecular complexity index is 762. The monoisotopic (exact) mass is 352 g/mol. The van der Waals surface area contributed by atoms with Crippen molar-refractivity contribution >= 4 is 29.3 Å². The van der Waals surface area contributed by atoms with Gasteiger partial charge in [0.15, 0.2) is 6.61 Å². The lowest BCUT2D eigenvalue weighted by atomic mass is 10.00. The number of benzene rings is 1. The summed E-state index contributed by atoms with van der Waals surface area (Å²) in [6.07, 6.45) is 2.03.